The van der Waals surface area contributed by atoms with Gasteiger partial charge in [0.15, 0.2) is 0 Å². The van der Waals surface area contributed by atoms with Crippen molar-refractivity contribution < 1.29 is 5.11 Å². The molecule has 4 nitrogen and oxygen atoms in total. The second kappa shape index (κ2) is 7.42. The molecule has 0 amide bonds. The fraction of sp³-hybridized carbons (Fsp3) is 0.364. The molecule has 0 saturated carbocycles. The van der Waals surface area contributed by atoms with Crippen molar-refractivity contribution in [3.05, 3.63) is 66.4 Å². The van der Waals surface area contributed by atoms with Crippen molar-refractivity contribution in [3.63, 3.8) is 0 Å². The van der Waals surface area contributed by atoms with E-state index >= 15 is 0 Å². The van der Waals surface area contributed by atoms with Crippen LogP contribution in [0.3, 0.4) is 0 Å². The Morgan fingerprint density at radius 2 is 1.77 bits per heavy atom. The van der Waals surface area contributed by atoms with Gasteiger partial charge >= 0.3 is 0 Å². The van der Waals surface area contributed by atoms with Crippen LogP contribution in [0.1, 0.15) is 24.8 Å². The molecule has 26 heavy (non-hydrogen) atoms. The fourth-order valence-electron chi connectivity index (χ4n) is 3.97. The van der Waals surface area contributed by atoms with Crippen LogP contribution >= 0.6 is 0 Å². The maximum atomic E-state index is 10.2. The van der Waals surface area contributed by atoms with E-state index in [0.717, 1.165) is 55.6 Å². The summed E-state index contributed by atoms with van der Waals surface area (Å²) < 4.78 is 0. The van der Waals surface area contributed by atoms with Gasteiger partial charge in [-0.3, -0.25) is 4.98 Å². The first kappa shape index (κ1) is 17.0. The van der Waals surface area contributed by atoms with Crippen molar-refractivity contribution in [2.45, 2.75) is 25.7 Å². The predicted molar refractivity (Wildman–Crippen MR) is 105 cm³/mol. The lowest BCUT2D eigenvalue weighted by molar-refractivity contribution is 0.0963. The molecule has 4 heteroatoms. The number of para-hydroxylation sites is 2. The molecular weight excluding hydrogens is 322 g/mol. The Balaban J connectivity index is 1.52. The van der Waals surface area contributed by atoms with E-state index in [2.05, 4.69) is 34.1 Å². The van der Waals surface area contributed by atoms with Gasteiger partial charge in [-0.1, -0.05) is 42.5 Å². The van der Waals surface area contributed by atoms with Gasteiger partial charge in [-0.15, -0.1) is 0 Å². The summed E-state index contributed by atoms with van der Waals surface area (Å²) in [7, 11) is 0. The van der Waals surface area contributed by atoms with Gasteiger partial charge in [-0.05, 0) is 43.4 Å². The molecule has 1 aliphatic rings. The van der Waals surface area contributed by atoms with Crippen molar-refractivity contribution in [2.24, 2.45) is 5.41 Å². The van der Waals surface area contributed by atoms with Crippen molar-refractivity contribution >= 4 is 16.9 Å². The maximum absolute atomic E-state index is 10.2. The van der Waals surface area contributed by atoms with Crippen molar-refractivity contribution in [3.8, 4) is 0 Å². The summed E-state index contributed by atoms with van der Waals surface area (Å²) in [6, 6.07) is 18.5. The highest BCUT2D eigenvalue weighted by Gasteiger charge is 2.35. The number of rotatable bonds is 5. The van der Waals surface area contributed by atoms with E-state index in [1.165, 1.54) is 5.56 Å². The quantitative estimate of drug-likeness (QED) is 0.762. The second-order valence-electron chi connectivity index (χ2n) is 7.39. The van der Waals surface area contributed by atoms with Gasteiger partial charge in [0.2, 0.25) is 0 Å². The topological polar surface area (TPSA) is 49.2 Å². The average molecular weight is 347 g/mol. The summed E-state index contributed by atoms with van der Waals surface area (Å²) >= 11 is 0. The molecule has 0 radical (unpaired) electrons. The third-order valence-electron chi connectivity index (χ3n) is 5.54. The number of aryl methyl sites for hydroxylation is 1. The number of aromatic nitrogens is 2. The van der Waals surface area contributed by atoms with Crippen molar-refractivity contribution in [1.29, 1.82) is 0 Å². The number of benzene rings is 2. The average Bonchev–Trinajstić information content (AvgIpc) is 2.73. The minimum absolute atomic E-state index is 0.0680. The number of piperidine rings is 1. The van der Waals surface area contributed by atoms with E-state index in [4.69, 9.17) is 4.98 Å². The standard InChI is InChI=1S/C22H25N3O/c26-17-22(13-11-18-7-2-1-3-8-18)12-6-14-25(16-22)21-15-23-19-9-4-5-10-20(19)24-21/h1-5,7-10,15,26H,6,11-14,16-17H2. The van der Waals surface area contributed by atoms with Gasteiger partial charge in [-0.2, -0.15) is 0 Å². The zero-order valence-corrected chi connectivity index (χ0v) is 15.0. The predicted octanol–water partition coefficient (Wildman–Crippen LogP) is 3.84. The molecule has 2 aromatic carbocycles. The summed E-state index contributed by atoms with van der Waals surface area (Å²) in [5.41, 5.74) is 3.12. The molecule has 1 aromatic heterocycles. The van der Waals surface area contributed by atoms with Crippen LogP contribution in [0.15, 0.2) is 60.8 Å². The van der Waals surface area contributed by atoms with Gasteiger partial charge in [0, 0.05) is 18.5 Å². The SMILES string of the molecule is OCC1(CCc2ccccc2)CCCN(c2cnc3ccccc3n2)C1. The summed E-state index contributed by atoms with van der Waals surface area (Å²) in [6.07, 6.45) is 5.99. The lowest BCUT2D eigenvalue weighted by Crippen LogP contribution is -2.46. The minimum Gasteiger partial charge on any atom is -0.396 e. The van der Waals surface area contributed by atoms with Crippen LogP contribution in [0.2, 0.25) is 0 Å². The number of nitrogens with zero attached hydrogens (tertiary/aromatic N) is 3. The van der Waals surface area contributed by atoms with Crippen LogP contribution in [0, 0.1) is 5.41 Å². The van der Waals surface area contributed by atoms with E-state index in [9.17, 15) is 5.11 Å². The minimum atomic E-state index is -0.0680. The first-order valence-electron chi connectivity index (χ1n) is 9.40. The Morgan fingerprint density at radius 1 is 1.00 bits per heavy atom. The zero-order valence-electron chi connectivity index (χ0n) is 15.0. The van der Waals surface area contributed by atoms with Crippen LogP contribution in [0.25, 0.3) is 11.0 Å². The number of fused-ring (bicyclic) bond motifs is 1. The molecule has 1 unspecified atom stereocenters. The largest absolute Gasteiger partial charge is 0.396 e. The van der Waals surface area contributed by atoms with Crippen LogP contribution in [-0.4, -0.2) is 34.8 Å². The van der Waals surface area contributed by atoms with Gasteiger partial charge in [-0.25, -0.2) is 4.98 Å². The molecular formula is C22H25N3O. The Morgan fingerprint density at radius 3 is 2.58 bits per heavy atom. The summed E-state index contributed by atoms with van der Waals surface area (Å²) in [4.78, 5) is 11.7. The molecule has 2 heterocycles. The van der Waals surface area contributed by atoms with E-state index in [1.54, 1.807) is 0 Å². The lowest BCUT2D eigenvalue weighted by atomic mass is 9.76. The fourth-order valence-corrected chi connectivity index (χ4v) is 3.97. The molecule has 3 aromatic rings. The number of aliphatic hydroxyl groups is 1. The monoisotopic (exact) mass is 347 g/mol. The molecule has 0 bridgehead atoms. The summed E-state index contributed by atoms with van der Waals surface area (Å²) in [5, 5.41) is 10.2. The summed E-state index contributed by atoms with van der Waals surface area (Å²) in [6.45, 7) is 2.03. The molecule has 1 atom stereocenters. The number of hydrogen-bond acceptors (Lipinski definition) is 4. The van der Waals surface area contributed by atoms with Crippen molar-refractivity contribution in [1.82, 2.24) is 9.97 Å². The number of aliphatic hydroxyl groups excluding tert-OH is 1. The highest BCUT2D eigenvalue weighted by molar-refractivity contribution is 5.75. The zero-order chi connectivity index (χ0) is 17.8. The van der Waals surface area contributed by atoms with E-state index in [0.29, 0.717) is 0 Å². The maximum Gasteiger partial charge on any atom is 0.147 e. The lowest BCUT2D eigenvalue weighted by Gasteiger charge is -2.42. The van der Waals surface area contributed by atoms with Gasteiger partial charge in [0.05, 0.1) is 23.8 Å². The van der Waals surface area contributed by atoms with Crippen molar-refractivity contribution in [2.75, 3.05) is 24.6 Å². The van der Waals surface area contributed by atoms with Crippen LogP contribution in [0.5, 0.6) is 0 Å². The normalized spacial score (nSPS) is 20.4. The van der Waals surface area contributed by atoms with Gasteiger partial charge in [0.1, 0.15) is 5.82 Å². The smallest absolute Gasteiger partial charge is 0.147 e. The van der Waals surface area contributed by atoms with Crippen LogP contribution in [-0.2, 0) is 6.42 Å². The van der Waals surface area contributed by atoms with E-state index in [1.807, 2.05) is 36.5 Å². The third kappa shape index (κ3) is 3.56. The van der Waals surface area contributed by atoms with E-state index < -0.39 is 0 Å². The first-order chi connectivity index (χ1) is 12.8. The molecule has 134 valence electrons. The van der Waals surface area contributed by atoms with Crippen LogP contribution < -0.4 is 4.90 Å². The number of anilines is 1. The molecule has 1 saturated heterocycles. The Hall–Kier alpha value is -2.46. The molecule has 1 fully saturated rings. The molecule has 4 rings (SSSR count). The molecule has 0 spiro atoms. The van der Waals surface area contributed by atoms with Gasteiger partial charge in [0.25, 0.3) is 0 Å². The second-order valence-corrected chi connectivity index (χ2v) is 7.39. The third-order valence-corrected chi connectivity index (χ3v) is 5.54. The Labute approximate surface area is 154 Å². The molecule has 0 aliphatic carbocycles. The number of hydrogen-bond donors (Lipinski definition) is 1. The van der Waals surface area contributed by atoms with E-state index in [-0.39, 0.29) is 12.0 Å². The highest BCUT2D eigenvalue weighted by Crippen LogP contribution is 2.36. The molecule has 1 N–H and O–H groups in total. The first-order valence-corrected chi connectivity index (χ1v) is 9.40. The Bertz CT molecular complexity index is 867. The Kier molecular flexibility index (Phi) is 4.85. The molecule has 1 aliphatic heterocycles. The highest BCUT2D eigenvalue weighted by atomic mass is 16.3. The summed E-state index contributed by atoms with van der Waals surface area (Å²) in [5.74, 6) is 0.918. The van der Waals surface area contributed by atoms with Crippen LogP contribution in [0.4, 0.5) is 5.82 Å². The van der Waals surface area contributed by atoms with Gasteiger partial charge < -0.3 is 10.0 Å².